The lowest BCUT2D eigenvalue weighted by atomic mass is 10.1. The zero-order chi connectivity index (χ0) is 15.4. The van der Waals surface area contributed by atoms with E-state index in [2.05, 4.69) is 27.7 Å². The topological polar surface area (TPSA) is 0 Å². The highest BCUT2D eigenvalue weighted by atomic mass is 14.2. The molecule has 1 aliphatic rings. The Labute approximate surface area is 120 Å². The smallest absolute Gasteiger partial charge is 0.0417 e. The molecule has 0 nitrogen and oxygen atoms in total. The van der Waals surface area contributed by atoms with E-state index in [1.165, 1.54) is 38.5 Å². The lowest BCUT2D eigenvalue weighted by Gasteiger charge is -1.99. The van der Waals surface area contributed by atoms with Gasteiger partial charge in [-0.3, -0.25) is 0 Å². The van der Waals surface area contributed by atoms with E-state index in [4.69, 9.17) is 0 Å². The van der Waals surface area contributed by atoms with Crippen LogP contribution in [0.4, 0.5) is 0 Å². The van der Waals surface area contributed by atoms with Gasteiger partial charge in [0, 0.05) is 0 Å². The molecule has 0 spiro atoms. The molecule has 18 heavy (non-hydrogen) atoms. The Balaban J connectivity index is -0.0000000792. The Kier molecular flexibility index (Phi) is 44.6. The van der Waals surface area contributed by atoms with Gasteiger partial charge in [-0.05, 0) is 11.8 Å². The van der Waals surface area contributed by atoms with E-state index in [-0.39, 0.29) is 0 Å². The molecule has 0 heteroatoms. The van der Waals surface area contributed by atoms with Crippen molar-refractivity contribution in [2.45, 2.75) is 108 Å². The van der Waals surface area contributed by atoms with Gasteiger partial charge in [-0.25, -0.2) is 0 Å². The van der Waals surface area contributed by atoms with Crippen LogP contribution in [0.25, 0.3) is 0 Å². The van der Waals surface area contributed by atoms with Crippen LogP contribution in [0.2, 0.25) is 0 Å². The molecule has 0 amide bonds. The normalized spacial score (nSPS) is 12.8. The van der Waals surface area contributed by atoms with Crippen LogP contribution in [-0.2, 0) is 0 Å². The molecule has 0 aromatic rings. The fourth-order valence-electron chi connectivity index (χ4n) is 1.42. The van der Waals surface area contributed by atoms with Crippen molar-refractivity contribution in [3.8, 4) is 0 Å². The average molecular weight is 261 g/mol. The molecule has 0 aromatic carbocycles. The quantitative estimate of drug-likeness (QED) is 0.477. The molecule has 1 aliphatic carbocycles. The van der Waals surface area contributed by atoms with Gasteiger partial charge in [-0.2, -0.15) is 0 Å². The Bertz CT molecular complexity index is 78.0. The van der Waals surface area contributed by atoms with Crippen LogP contribution in [-0.4, -0.2) is 0 Å². The summed E-state index contributed by atoms with van der Waals surface area (Å²) in [5, 5.41) is 0. The summed E-state index contributed by atoms with van der Waals surface area (Å²) < 4.78 is 0. The molecule has 116 valence electrons. The molecule has 1 rings (SSSR count). The summed E-state index contributed by atoms with van der Waals surface area (Å²) >= 11 is 0. The zero-order valence-electron chi connectivity index (χ0n) is 15.4. The van der Waals surface area contributed by atoms with Crippen molar-refractivity contribution >= 4 is 0 Å². The summed E-state index contributed by atoms with van der Waals surface area (Å²) in [6, 6.07) is 0. The van der Waals surface area contributed by atoms with Crippen LogP contribution in [0.5, 0.6) is 0 Å². The van der Waals surface area contributed by atoms with Crippen LogP contribution >= 0.6 is 0 Å². The Morgan fingerprint density at radius 1 is 0.778 bits per heavy atom. The van der Waals surface area contributed by atoms with Crippen LogP contribution in [0.1, 0.15) is 108 Å². The van der Waals surface area contributed by atoms with Gasteiger partial charge in [0.2, 0.25) is 0 Å². The van der Waals surface area contributed by atoms with E-state index in [1.807, 2.05) is 41.5 Å². The third-order valence-corrected chi connectivity index (χ3v) is 2.87. The highest BCUT2D eigenvalue weighted by Gasteiger charge is 2.11. The van der Waals surface area contributed by atoms with E-state index in [1.54, 1.807) is 0 Å². The molecule has 0 aliphatic heterocycles. The molecule has 1 saturated carbocycles. The Morgan fingerprint density at radius 3 is 1.17 bits per heavy atom. The van der Waals surface area contributed by atoms with Crippen LogP contribution in [0.3, 0.4) is 0 Å². The van der Waals surface area contributed by atoms with Crippen LogP contribution < -0.4 is 0 Å². The van der Waals surface area contributed by atoms with Gasteiger partial charge < -0.3 is 0 Å². The second kappa shape index (κ2) is 30.2. The van der Waals surface area contributed by atoms with E-state index in [9.17, 15) is 0 Å². The van der Waals surface area contributed by atoms with Crippen LogP contribution in [0.15, 0.2) is 0 Å². The van der Waals surface area contributed by atoms with Gasteiger partial charge in [-0.1, -0.05) is 108 Å². The lowest BCUT2D eigenvalue weighted by Crippen LogP contribution is -1.86. The third-order valence-electron chi connectivity index (χ3n) is 2.87. The second-order valence-corrected chi connectivity index (χ2v) is 4.36. The van der Waals surface area contributed by atoms with E-state index < -0.39 is 0 Å². The fourth-order valence-corrected chi connectivity index (χ4v) is 1.42. The molecule has 0 atom stereocenters. The standard InChI is InChI=1S/C7H14.C5H12.3C2H6/c1-2-7-5-3-4-6-7;1-4-5(2)3;3*1-2/h7H,2-6H2,1H3;5H,4H2,1-3H3;3*1-2H3. The summed E-state index contributed by atoms with van der Waals surface area (Å²) in [6.07, 6.45) is 8.74. The zero-order valence-corrected chi connectivity index (χ0v) is 15.4. The summed E-state index contributed by atoms with van der Waals surface area (Å²) in [4.78, 5) is 0. The van der Waals surface area contributed by atoms with Gasteiger partial charge in [0.15, 0.2) is 0 Å². The predicted molar refractivity (Wildman–Crippen MR) is 91.4 cm³/mol. The highest BCUT2D eigenvalue weighted by Crippen LogP contribution is 2.26. The Hall–Kier alpha value is 0. The summed E-state index contributed by atoms with van der Waals surface area (Å²) in [6.45, 7) is 20.9. The van der Waals surface area contributed by atoms with E-state index >= 15 is 0 Å². The Morgan fingerprint density at radius 2 is 1.06 bits per heavy atom. The molecule has 0 bridgehead atoms. The maximum atomic E-state index is 2.30. The summed E-state index contributed by atoms with van der Waals surface area (Å²) in [5.41, 5.74) is 0. The number of hydrogen-bond acceptors (Lipinski definition) is 0. The lowest BCUT2D eigenvalue weighted by molar-refractivity contribution is 0.531. The van der Waals surface area contributed by atoms with Crippen molar-refractivity contribution in [3.05, 3.63) is 0 Å². The first kappa shape index (κ1) is 26.5. The minimum absolute atomic E-state index is 0.884. The monoisotopic (exact) mass is 260 g/mol. The van der Waals surface area contributed by atoms with Crippen molar-refractivity contribution in [2.75, 3.05) is 0 Å². The van der Waals surface area contributed by atoms with Gasteiger partial charge in [0.25, 0.3) is 0 Å². The molecule has 0 aromatic heterocycles. The number of hydrogen-bond donors (Lipinski definition) is 0. The van der Waals surface area contributed by atoms with Crippen molar-refractivity contribution in [1.82, 2.24) is 0 Å². The average Bonchev–Trinajstić information content (AvgIpc) is 2.99. The fraction of sp³-hybridized carbons (Fsp3) is 1.00. The van der Waals surface area contributed by atoms with Crippen molar-refractivity contribution in [3.63, 3.8) is 0 Å². The van der Waals surface area contributed by atoms with Gasteiger partial charge in [0.05, 0.1) is 0 Å². The van der Waals surface area contributed by atoms with Gasteiger partial charge in [0.1, 0.15) is 0 Å². The highest BCUT2D eigenvalue weighted by molar-refractivity contribution is 4.64. The van der Waals surface area contributed by atoms with Gasteiger partial charge in [-0.15, -0.1) is 0 Å². The minimum atomic E-state index is 0.884. The first-order chi connectivity index (χ1) is 8.70. The second-order valence-electron chi connectivity index (χ2n) is 4.36. The first-order valence-electron chi connectivity index (χ1n) is 8.70. The number of rotatable bonds is 2. The van der Waals surface area contributed by atoms with E-state index in [0.29, 0.717) is 0 Å². The SMILES string of the molecule is CC.CC.CC.CCC(C)C.CCC1CCCC1. The summed E-state index contributed by atoms with van der Waals surface area (Å²) in [5.74, 6) is 1.98. The molecule has 0 radical (unpaired) electrons. The predicted octanol–water partition coefficient (Wildman–Crippen LogP) is 7.72. The molecular formula is C18H44. The largest absolute Gasteiger partial charge is 0.0683 e. The van der Waals surface area contributed by atoms with Crippen molar-refractivity contribution in [2.24, 2.45) is 11.8 Å². The molecule has 1 fully saturated rings. The molecule has 0 unspecified atom stereocenters. The van der Waals surface area contributed by atoms with Crippen molar-refractivity contribution in [1.29, 1.82) is 0 Å². The molecule has 0 saturated heterocycles. The van der Waals surface area contributed by atoms with Gasteiger partial charge >= 0.3 is 0 Å². The molecular weight excluding hydrogens is 216 g/mol. The van der Waals surface area contributed by atoms with Crippen LogP contribution in [0, 0.1) is 11.8 Å². The third kappa shape index (κ3) is 29.8. The first-order valence-corrected chi connectivity index (χ1v) is 8.70. The maximum absolute atomic E-state index is 2.30. The summed E-state index contributed by atoms with van der Waals surface area (Å²) in [7, 11) is 0. The maximum Gasteiger partial charge on any atom is -0.0417 e. The molecule has 0 heterocycles. The minimum Gasteiger partial charge on any atom is -0.0683 e. The molecule has 0 N–H and O–H groups in total. The van der Waals surface area contributed by atoms with E-state index in [0.717, 1.165) is 11.8 Å². The van der Waals surface area contributed by atoms with Crippen molar-refractivity contribution < 1.29 is 0 Å².